The van der Waals surface area contributed by atoms with Crippen molar-refractivity contribution < 1.29 is 122 Å². The Labute approximate surface area is 119 Å². The summed E-state index contributed by atoms with van der Waals surface area (Å²) in [6, 6.07) is 0. The van der Waals surface area contributed by atoms with Gasteiger partial charge in [0, 0.05) is 0 Å². The molecule has 0 aliphatic heterocycles. The molecular weight excluding hydrogens is 165 g/mol. The van der Waals surface area contributed by atoms with Crippen molar-refractivity contribution in [2.24, 2.45) is 0 Å². The SMILES string of the molecule is O.O.O.O.O.O.[Na+].[Na+].[Na+]. The van der Waals surface area contributed by atoms with Crippen molar-refractivity contribution in [1.82, 2.24) is 0 Å². The minimum absolute atomic E-state index is 0. The zero-order valence-corrected chi connectivity index (χ0v) is 12.0. The smallest absolute Gasteiger partial charge is 0.412 e. The fraction of sp³-hybridized carbons (Fsp3) is 0. The van der Waals surface area contributed by atoms with Crippen molar-refractivity contribution in [3.63, 3.8) is 0 Å². The molecule has 0 saturated heterocycles. The van der Waals surface area contributed by atoms with Gasteiger partial charge in [0.2, 0.25) is 0 Å². The fourth-order valence-electron chi connectivity index (χ4n) is 0. The molecule has 0 spiro atoms. The van der Waals surface area contributed by atoms with Crippen molar-refractivity contribution in [2.75, 3.05) is 0 Å². The summed E-state index contributed by atoms with van der Waals surface area (Å²) in [5, 5.41) is 0. The molecule has 12 N–H and O–H groups in total. The Bertz CT molecular complexity index is 8.26. The van der Waals surface area contributed by atoms with E-state index in [9.17, 15) is 0 Å². The topological polar surface area (TPSA) is 189 Å². The molecule has 0 aromatic heterocycles. The van der Waals surface area contributed by atoms with Crippen molar-refractivity contribution in [1.29, 1.82) is 0 Å². The molecule has 0 aromatic carbocycles. The van der Waals surface area contributed by atoms with Crippen LogP contribution in [0.1, 0.15) is 0 Å². The van der Waals surface area contributed by atoms with Gasteiger partial charge in [0.1, 0.15) is 0 Å². The Hall–Kier alpha value is 2.76. The van der Waals surface area contributed by atoms with Gasteiger partial charge in [-0.2, -0.15) is 0 Å². The maximum atomic E-state index is 0. The van der Waals surface area contributed by atoms with Gasteiger partial charge in [0.15, 0.2) is 0 Å². The summed E-state index contributed by atoms with van der Waals surface area (Å²) in [4.78, 5) is 0. The van der Waals surface area contributed by atoms with Crippen LogP contribution in [0.15, 0.2) is 0 Å². The van der Waals surface area contributed by atoms with Crippen LogP contribution < -0.4 is 88.7 Å². The molecule has 0 bridgehead atoms. The summed E-state index contributed by atoms with van der Waals surface area (Å²) >= 11 is 0. The first-order valence-electron chi connectivity index (χ1n) is 0. The van der Waals surface area contributed by atoms with Crippen molar-refractivity contribution in [2.45, 2.75) is 0 Å². The summed E-state index contributed by atoms with van der Waals surface area (Å²) in [5.41, 5.74) is 0. The van der Waals surface area contributed by atoms with Gasteiger partial charge in [-0.25, -0.2) is 0 Å². The third kappa shape index (κ3) is 108. The van der Waals surface area contributed by atoms with Gasteiger partial charge in [0.05, 0.1) is 0 Å². The van der Waals surface area contributed by atoms with Crippen LogP contribution in [0.3, 0.4) is 0 Å². The van der Waals surface area contributed by atoms with Crippen LogP contribution in [0.2, 0.25) is 0 Å². The molecule has 0 heterocycles. The predicted molar refractivity (Wildman–Crippen MR) is 21.7 cm³/mol. The van der Waals surface area contributed by atoms with Gasteiger partial charge in [0.25, 0.3) is 0 Å². The van der Waals surface area contributed by atoms with Crippen LogP contribution in [0, 0.1) is 0 Å². The van der Waals surface area contributed by atoms with Crippen LogP contribution in [0.25, 0.3) is 0 Å². The van der Waals surface area contributed by atoms with E-state index in [1.807, 2.05) is 0 Å². The van der Waals surface area contributed by atoms with Crippen LogP contribution in [0.4, 0.5) is 0 Å². The molecule has 0 atom stereocenters. The first kappa shape index (κ1) is 179. The Balaban J connectivity index is 0. The van der Waals surface area contributed by atoms with Gasteiger partial charge in [-0.15, -0.1) is 0 Å². The van der Waals surface area contributed by atoms with Crippen molar-refractivity contribution in [3.8, 4) is 0 Å². The standard InChI is InChI=1S/3Na.6H2O/h;;;6*1H2/q3*+1;;;;;;. The molecule has 0 unspecified atom stereocenters. The molecule has 0 aliphatic carbocycles. The summed E-state index contributed by atoms with van der Waals surface area (Å²) in [6.07, 6.45) is 0. The maximum Gasteiger partial charge on any atom is 1.00 e. The van der Waals surface area contributed by atoms with Gasteiger partial charge in [-0.3, -0.25) is 0 Å². The Morgan fingerprint density at radius 1 is 0.222 bits per heavy atom. The second-order valence-corrected chi connectivity index (χ2v) is 0. The molecular formula is H12Na3O6+3. The predicted octanol–water partition coefficient (Wildman–Crippen LogP) is -13.9. The minimum atomic E-state index is 0. The number of rotatable bonds is 0. The van der Waals surface area contributed by atoms with Gasteiger partial charge >= 0.3 is 88.7 Å². The molecule has 9 heteroatoms. The Morgan fingerprint density at radius 3 is 0.222 bits per heavy atom. The zero-order valence-electron chi connectivity index (χ0n) is 6.00. The van der Waals surface area contributed by atoms with Crippen LogP contribution >= 0.6 is 0 Å². The molecule has 0 fully saturated rings. The van der Waals surface area contributed by atoms with E-state index in [2.05, 4.69) is 0 Å². The van der Waals surface area contributed by atoms with Crippen molar-refractivity contribution >= 4 is 0 Å². The van der Waals surface area contributed by atoms with Gasteiger partial charge < -0.3 is 32.9 Å². The normalized spacial score (nSPS) is 0. The summed E-state index contributed by atoms with van der Waals surface area (Å²) in [6.45, 7) is 0. The summed E-state index contributed by atoms with van der Waals surface area (Å²) in [7, 11) is 0. The van der Waals surface area contributed by atoms with E-state index < -0.39 is 0 Å². The molecule has 0 amide bonds. The van der Waals surface area contributed by atoms with Crippen LogP contribution in [0.5, 0.6) is 0 Å². The van der Waals surface area contributed by atoms with E-state index in [1.165, 1.54) is 0 Å². The quantitative estimate of drug-likeness (QED) is 0.317. The summed E-state index contributed by atoms with van der Waals surface area (Å²) in [5.74, 6) is 0. The van der Waals surface area contributed by atoms with E-state index in [0.717, 1.165) is 0 Å². The first-order valence-corrected chi connectivity index (χ1v) is 0. The molecule has 9 heavy (non-hydrogen) atoms. The minimum Gasteiger partial charge on any atom is -0.412 e. The van der Waals surface area contributed by atoms with Gasteiger partial charge in [-0.1, -0.05) is 0 Å². The molecule has 48 valence electrons. The van der Waals surface area contributed by atoms with E-state index >= 15 is 0 Å². The fourth-order valence-corrected chi connectivity index (χ4v) is 0. The molecule has 0 saturated carbocycles. The second-order valence-electron chi connectivity index (χ2n) is 0. The maximum absolute atomic E-state index is 0. The average Bonchev–Trinajstić information content (AvgIpc) is 0. The van der Waals surface area contributed by atoms with Crippen molar-refractivity contribution in [3.05, 3.63) is 0 Å². The molecule has 6 nitrogen and oxygen atoms in total. The molecule has 0 aromatic rings. The third-order valence-electron chi connectivity index (χ3n) is 0. The molecule has 0 aliphatic rings. The Morgan fingerprint density at radius 2 is 0.222 bits per heavy atom. The van der Waals surface area contributed by atoms with Gasteiger partial charge in [-0.05, 0) is 0 Å². The van der Waals surface area contributed by atoms with E-state index in [-0.39, 0.29) is 122 Å². The van der Waals surface area contributed by atoms with Crippen LogP contribution in [-0.4, -0.2) is 32.9 Å². The second kappa shape index (κ2) is 135. The number of hydrogen-bond donors (Lipinski definition) is 0. The van der Waals surface area contributed by atoms with E-state index in [1.54, 1.807) is 0 Å². The Kier molecular flexibility index (Phi) is 2670. The molecule has 0 rings (SSSR count). The monoisotopic (exact) mass is 177 g/mol. The van der Waals surface area contributed by atoms with E-state index in [4.69, 9.17) is 0 Å². The number of hydrogen-bond acceptors (Lipinski definition) is 0. The zero-order chi connectivity index (χ0) is 0. The first-order chi connectivity index (χ1) is 0. The third-order valence-corrected chi connectivity index (χ3v) is 0. The van der Waals surface area contributed by atoms with Crippen LogP contribution in [-0.2, 0) is 0 Å². The summed E-state index contributed by atoms with van der Waals surface area (Å²) < 4.78 is 0. The largest absolute Gasteiger partial charge is 1.00 e. The molecule has 0 radical (unpaired) electrons. The average molecular weight is 177 g/mol. The van der Waals surface area contributed by atoms with E-state index in [0.29, 0.717) is 0 Å².